The SMILES string of the molecule is CC(=O)N(C)Cc1ccccc1NCC1CCCN1. The number of anilines is 1. The first kappa shape index (κ1) is 13.9. The largest absolute Gasteiger partial charge is 0.383 e. The molecule has 1 aliphatic rings. The lowest BCUT2D eigenvalue weighted by Crippen LogP contribution is -2.30. The van der Waals surface area contributed by atoms with E-state index in [0.717, 1.165) is 24.3 Å². The molecule has 1 fully saturated rings. The van der Waals surface area contributed by atoms with Crippen molar-refractivity contribution in [1.82, 2.24) is 10.2 Å². The van der Waals surface area contributed by atoms with E-state index in [9.17, 15) is 4.79 Å². The fourth-order valence-electron chi connectivity index (χ4n) is 2.36. The molecule has 4 nitrogen and oxygen atoms in total. The Balaban J connectivity index is 1.96. The normalized spacial score (nSPS) is 18.3. The second-order valence-electron chi connectivity index (χ2n) is 5.21. The van der Waals surface area contributed by atoms with E-state index in [4.69, 9.17) is 0 Å². The Kier molecular flexibility index (Phi) is 4.80. The number of hydrogen-bond donors (Lipinski definition) is 2. The molecule has 2 N–H and O–H groups in total. The van der Waals surface area contributed by atoms with Crippen molar-refractivity contribution in [3.05, 3.63) is 29.8 Å². The first-order valence-electron chi connectivity index (χ1n) is 6.93. The molecule has 0 radical (unpaired) electrons. The Morgan fingerprint density at radius 2 is 2.26 bits per heavy atom. The lowest BCUT2D eigenvalue weighted by Gasteiger charge is -2.19. The first-order valence-corrected chi connectivity index (χ1v) is 6.93. The number of carbonyl (C=O) groups excluding carboxylic acids is 1. The van der Waals surface area contributed by atoms with Gasteiger partial charge in [-0.2, -0.15) is 0 Å². The molecule has 0 aromatic heterocycles. The molecule has 0 bridgehead atoms. The zero-order valence-corrected chi connectivity index (χ0v) is 11.8. The molecule has 1 aromatic carbocycles. The summed E-state index contributed by atoms with van der Waals surface area (Å²) < 4.78 is 0. The van der Waals surface area contributed by atoms with Gasteiger partial charge in [0.25, 0.3) is 0 Å². The lowest BCUT2D eigenvalue weighted by molar-refractivity contribution is -0.128. The molecule has 1 amide bonds. The predicted molar refractivity (Wildman–Crippen MR) is 78.1 cm³/mol. The Hall–Kier alpha value is -1.55. The number of nitrogens with zero attached hydrogens (tertiary/aromatic N) is 1. The van der Waals surface area contributed by atoms with Gasteiger partial charge in [0.15, 0.2) is 0 Å². The fraction of sp³-hybridized carbons (Fsp3) is 0.533. The molecular weight excluding hydrogens is 238 g/mol. The van der Waals surface area contributed by atoms with Gasteiger partial charge in [0.05, 0.1) is 0 Å². The molecular formula is C15H23N3O. The summed E-state index contributed by atoms with van der Waals surface area (Å²) in [6, 6.07) is 8.77. The monoisotopic (exact) mass is 261 g/mol. The molecule has 4 heteroatoms. The maximum absolute atomic E-state index is 11.3. The molecule has 19 heavy (non-hydrogen) atoms. The quantitative estimate of drug-likeness (QED) is 0.850. The summed E-state index contributed by atoms with van der Waals surface area (Å²) in [5.41, 5.74) is 2.29. The lowest BCUT2D eigenvalue weighted by atomic mass is 10.1. The van der Waals surface area contributed by atoms with Gasteiger partial charge in [0.2, 0.25) is 5.91 Å². The van der Waals surface area contributed by atoms with Gasteiger partial charge in [-0.1, -0.05) is 18.2 Å². The summed E-state index contributed by atoms with van der Waals surface area (Å²) in [6.45, 7) is 4.32. The highest BCUT2D eigenvalue weighted by atomic mass is 16.2. The third-order valence-corrected chi connectivity index (χ3v) is 3.66. The Morgan fingerprint density at radius 1 is 1.47 bits per heavy atom. The Morgan fingerprint density at radius 3 is 2.95 bits per heavy atom. The molecule has 0 saturated carbocycles. The molecule has 1 saturated heterocycles. The molecule has 1 heterocycles. The van der Waals surface area contributed by atoms with Crippen LogP contribution in [0.4, 0.5) is 5.69 Å². The van der Waals surface area contributed by atoms with Crippen LogP contribution in [0.3, 0.4) is 0 Å². The van der Waals surface area contributed by atoms with Crippen molar-refractivity contribution in [2.24, 2.45) is 0 Å². The van der Waals surface area contributed by atoms with Crippen LogP contribution in [0.15, 0.2) is 24.3 Å². The molecule has 1 unspecified atom stereocenters. The maximum atomic E-state index is 11.3. The average Bonchev–Trinajstić information content (AvgIpc) is 2.90. The first-order chi connectivity index (χ1) is 9.16. The van der Waals surface area contributed by atoms with E-state index < -0.39 is 0 Å². The van der Waals surface area contributed by atoms with E-state index in [1.807, 2.05) is 19.2 Å². The van der Waals surface area contributed by atoms with Gasteiger partial charge in [0.1, 0.15) is 0 Å². The van der Waals surface area contributed by atoms with Gasteiger partial charge in [0, 0.05) is 38.8 Å². The van der Waals surface area contributed by atoms with Crippen LogP contribution in [0.2, 0.25) is 0 Å². The summed E-state index contributed by atoms with van der Waals surface area (Å²) in [5, 5.41) is 6.98. The molecule has 0 spiro atoms. The van der Waals surface area contributed by atoms with Crippen molar-refractivity contribution in [3.63, 3.8) is 0 Å². The van der Waals surface area contributed by atoms with Crippen LogP contribution in [0.1, 0.15) is 25.3 Å². The maximum Gasteiger partial charge on any atom is 0.219 e. The van der Waals surface area contributed by atoms with Gasteiger partial charge in [-0.15, -0.1) is 0 Å². The minimum atomic E-state index is 0.0901. The molecule has 1 aromatic rings. The van der Waals surface area contributed by atoms with Gasteiger partial charge in [-0.25, -0.2) is 0 Å². The predicted octanol–water partition coefficient (Wildman–Crippen LogP) is 1.83. The van der Waals surface area contributed by atoms with E-state index >= 15 is 0 Å². The minimum Gasteiger partial charge on any atom is -0.383 e. The Bertz CT molecular complexity index is 427. The van der Waals surface area contributed by atoms with Crippen LogP contribution in [0, 0.1) is 0 Å². The summed E-state index contributed by atoms with van der Waals surface area (Å²) in [4.78, 5) is 13.1. The number of hydrogen-bond acceptors (Lipinski definition) is 3. The summed E-state index contributed by atoms with van der Waals surface area (Å²) in [6.07, 6.45) is 2.50. The van der Waals surface area contributed by atoms with Crippen LogP contribution < -0.4 is 10.6 Å². The Labute approximate surface area is 115 Å². The molecule has 104 valence electrons. The number of amides is 1. The van der Waals surface area contributed by atoms with Crippen molar-refractivity contribution in [2.75, 3.05) is 25.5 Å². The second-order valence-corrected chi connectivity index (χ2v) is 5.21. The summed E-state index contributed by atoms with van der Waals surface area (Å²) >= 11 is 0. The third kappa shape index (κ3) is 3.96. The molecule has 1 atom stereocenters. The fourth-order valence-corrected chi connectivity index (χ4v) is 2.36. The summed E-state index contributed by atoms with van der Waals surface area (Å²) in [5.74, 6) is 0.0901. The van der Waals surface area contributed by atoms with E-state index in [0.29, 0.717) is 12.6 Å². The number of rotatable bonds is 5. The second kappa shape index (κ2) is 6.57. The minimum absolute atomic E-state index is 0.0901. The highest BCUT2D eigenvalue weighted by molar-refractivity contribution is 5.73. The number of benzene rings is 1. The number of para-hydroxylation sites is 1. The molecule has 2 rings (SSSR count). The van der Waals surface area contributed by atoms with Crippen LogP contribution in [0.25, 0.3) is 0 Å². The van der Waals surface area contributed by atoms with Crippen molar-refractivity contribution in [2.45, 2.75) is 32.4 Å². The van der Waals surface area contributed by atoms with Crippen molar-refractivity contribution in [3.8, 4) is 0 Å². The van der Waals surface area contributed by atoms with Gasteiger partial charge < -0.3 is 15.5 Å². The van der Waals surface area contributed by atoms with Crippen LogP contribution >= 0.6 is 0 Å². The highest BCUT2D eigenvalue weighted by Gasteiger charge is 2.14. The zero-order chi connectivity index (χ0) is 13.7. The smallest absolute Gasteiger partial charge is 0.219 e. The van der Waals surface area contributed by atoms with E-state index in [1.54, 1.807) is 11.8 Å². The third-order valence-electron chi connectivity index (χ3n) is 3.66. The zero-order valence-electron chi connectivity index (χ0n) is 11.8. The van der Waals surface area contributed by atoms with Crippen molar-refractivity contribution >= 4 is 11.6 Å². The van der Waals surface area contributed by atoms with Crippen LogP contribution in [-0.4, -0.2) is 37.0 Å². The summed E-state index contributed by atoms with van der Waals surface area (Å²) in [7, 11) is 1.83. The number of nitrogens with one attached hydrogen (secondary N) is 2. The topological polar surface area (TPSA) is 44.4 Å². The van der Waals surface area contributed by atoms with E-state index in [2.05, 4.69) is 22.8 Å². The molecule has 1 aliphatic heterocycles. The van der Waals surface area contributed by atoms with E-state index in [-0.39, 0.29) is 5.91 Å². The van der Waals surface area contributed by atoms with Gasteiger partial charge in [-0.05, 0) is 31.0 Å². The van der Waals surface area contributed by atoms with Crippen LogP contribution in [0.5, 0.6) is 0 Å². The molecule has 0 aliphatic carbocycles. The van der Waals surface area contributed by atoms with E-state index in [1.165, 1.54) is 12.8 Å². The van der Waals surface area contributed by atoms with Crippen molar-refractivity contribution in [1.29, 1.82) is 0 Å². The average molecular weight is 261 g/mol. The van der Waals surface area contributed by atoms with Crippen LogP contribution in [-0.2, 0) is 11.3 Å². The highest BCUT2D eigenvalue weighted by Crippen LogP contribution is 2.17. The van der Waals surface area contributed by atoms with Gasteiger partial charge in [-0.3, -0.25) is 4.79 Å². The number of carbonyl (C=O) groups is 1. The van der Waals surface area contributed by atoms with Gasteiger partial charge >= 0.3 is 0 Å². The standard InChI is InChI=1S/C15H23N3O/c1-12(19)18(2)11-13-6-3-4-8-15(13)17-10-14-7-5-9-16-14/h3-4,6,8,14,16-17H,5,7,9-11H2,1-2H3. The van der Waals surface area contributed by atoms with Crippen molar-refractivity contribution < 1.29 is 4.79 Å².